The Balaban J connectivity index is 2.74. The van der Waals surface area contributed by atoms with Gasteiger partial charge in [-0.1, -0.05) is 20.8 Å². The average molecular weight is 183 g/mol. The maximum absolute atomic E-state index is 2.70. The van der Waals surface area contributed by atoms with Crippen molar-refractivity contribution < 1.29 is 0 Å². The third-order valence-electron chi connectivity index (χ3n) is 3.66. The Labute approximate surface area is 83.5 Å². The lowest BCUT2D eigenvalue weighted by atomic mass is 9.97. The standard InChI is InChI=1S/C12H25N/c1-8(2)12-7-10(5)11(6)13(12)9(3)4/h8-12H,7H2,1-6H3/t10?,11?,12-/m0/s1. The molecule has 2 unspecified atom stereocenters. The van der Waals surface area contributed by atoms with E-state index in [1.165, 1.54) is 6.42 Å². The van der Waals surface area contributed by atoms with Crippen LogP contribution in [0.1, 0.15) is 48.0 Å². The largest absolute Gasteiger partial charge is 0.295 e. The number of rotatable bonds is 2. The molecule has 0 aromatic carbocycles. The molecule has 1 aliphatic heterocycles. The summed E-state index contributed by atoms with van der Waals surface area (Å²) in [5, 5.41) is 0. The second-order valence-electron chi connectivity index (χ2n) is 5.31. The smallest absolute Gasteiger partial charge is 0.0127 e. The highest BCUT2D eigenvalue weighted by atomic mass is 15.2. The monoisotopic (exact) mass is 183 g/mol. The zero-order chi connectivity index (χ0) is 10.2. The Hall–Kier alpha value is -0.0400. The Morgan fingerprint density at radius 3 is 1.92 bits per heavy atom. The average Bonchev–Trinajstić information content (AvgIpc) is 2.28. The topological polar surface area (TPSA) is 3.24 Å². The van der Waals surface area contributed by atoms with Crippen LogP contribution in [0.25, 0.3) is 0 Å². The van der Waals surface area contributed by atoms with Crippen LogP contribution >= 0.6 is 0 Å². The number of hydrogen-bond acceptors (Lipinski definition) is 1. The fourth-order valence-corrected chi connectivity index (χ4v) is 2.77. The van der Waals surface area contributed by atoms with Crippen molar-refractivity contribution in [1.82, 2.24) is 4.90 Å². The van der Waals surface area contributed by atoms with E-state index in [0.29, 0.717) is 6.04 Å². The van der Waals surface area contributed by atoms with Crippen molar-refractivity contribution in [2.75, 3.05) is 0 Å². The molecule has 1 saturated heterocycles. The summed E-state index contributed by atoms with van der Waals surface area (Å²) >= 11 is 0. The molecule has 1 heterocycles. The van der Waals surface area contributed by atoms with Crippen molar-refractivity contribution in [2.24, 2.45) is 11.8 Å². The third kappa shape index (κ3) is 2.07. The highest BCUT2D eigenvalue weighted by Gasteiger charge is 2.38. The second kappa shape index (κ2) is 4.00. The molecule has 0 radical (unpaired) electrons. The summed E-state index contributed by atoms with van der Waals surface area (Å²) in [5.41, 5.74) is 0. The highest BCUT2D eigenvalue weighted by molar-refractivity contribution is 4.92. The first-order valence-corrected chi connectivity index (χ1v) is 5.72. The summed E-state index contributed by atoms with van der Waals surface area (Å²) in [4.78, 5) is 2.70. The van der Waals surface area contributed by atoms with E-state index in [9.17, 15) is 0 Å². The SMILES string of the molecule is CC1C[C@@H](C(C)C)N(C(C)C)C1C. The van der Waals surface area contributed by atoms with Gasteiger partial charge in [0, 0.05) is 18.1 Å². The van der Waals surface area contributed by atoms with Crippen LogP contribution in [0.2, 0.25) is 0 Å². The minimum Gasteiger partial charge on any atom is -0.295 e. The molecule has 0 bridgehead atoms. The van der Waals surface area contributed by atoms with Gasteiger partial charge in [-0.25, -0.2) is 0 Å². The summed E-state index contributed by atoms with van der Waals surface area (Å²) < 4.78 is 0. The quantitative estimate of drug-likeness (QED) is 0.635. The highest BCUT2D eigenvalue weighted by Crippen LogP contribution is 2.34. The van der Waals surface area contributed by atoms with Gasteiger partial charge in [0.1, 0.15) is 0 Å². The van der Waals surface area contributed by atoms with Crippen molar-refractivity contribution in [2.45, 2.75) is 66.1 Å². The van der Waals surface area contributed by atoms with Gasteiger partial charge in [-0.05, 0) is 39.0 Å². The predicted octanol–water partition coefficient (Wildman–Crippen LogP) is 3.15. The molecule has 78 valence electrons. The molecular weight excluding hydrogens is 158 g/mol. The van der Waals surface area contributed by atoms with E-state index in [-0.39, 0.29) is 0 Å². The van der Waals surface area contributed by atoms with Gasteiger partial charge in [0.05, 0.1) is 0 Å². The van der Waals surface area contributed by atoms with Crippen LogP contribution in [0.15, 0.2) is 0 Å². The van der Waals surface area contributed by atoms with Gasteiger partial charge in [0.2, 0.25) is 0 Å². The molecule has 1 rings (SSSR count). The van der Waals surface area contributed by atoms with Gasteiger partial charge in [-0.2, -0.15) is 0 Å². The van der Waals surface area contributed by atoms with E-state index in [0.717, 1.165) is 23.9 Å². The van der Waals surface area contributed by atoms with E-state index in [4.69, 9.17) is 0 Å². The van der Waals surface area contributed by atoms with E-state index in [2.05, 4.69) is 46.4 Å². The van der Waals surface area contributed by atoms with Crippen LogP contribution in [-0.4, -0.2) is 23.0 Å². The van der Waals surface area contributed by atoms with Crippen molar-refractivity contribution in [3.8, 4) is 0 Å². The van der Waals surface area contributed by atoms with Crippen molar-refractivity contribution in [3.05, 3.63) is 0 Å². The van der Waals surface area contributed by atoms with Crippen molar-refractivity contribution in [1.29, 1.82) is 0 Å². The van der Waals surface area contributed by atoms with Crippen LogP contribution in [-0.2, 0) is 0 Å². The molecule has 0 N–H and O–H groups in total. The molecule has 1 heteroatoms. The summed E-state index contributed by atoms with van der Waals surface area (Å²) in [6.07, 6.45) is 1.39. The number of hydrogen-bond donors (Lipinski definition) is 0. The summed E-state index contributed by atoms with van der Waals surface area (Å²) in [6.45, 7) is 14.1. The predicted molar refractivity (Wildman–Crippen MR) is 58.8 cm³/mol. The maximum atomic E-state index is 2.70. The molecule has 13 heavy (non-hydrogen) atoms. The Morgan fingerprint density at radius 1 is 1.08 bits per heavy atom. The van der Waals surface area contributed by atoms with Crippen molar-refractivity contribution in [3.63, 3.8) is 0 Å². The van der Waals surface area contributed by atoms with Crippen LogP contribution in [0, 0.1) is 11.8 Å². The van der Waals surface area contributed by atoms with Crippen molar-refractivity contribution >= 4 is 0 Å². The third-order valence-corrected chi connectivity index (χ3v) is 3.66. The molecule has 0 aliphatic carbocycles. The normalized spacial score (nSPS) is 36.5. The van der Waals surface area contributed by atoms with Gasteiger partial charge in [0.15, 0.2) is 0 Å². The van der Waals surface area contributed by atoms with E-state index >= 15 is 0 Å². The number of likely N-dealkylation sites (tertiary alicyclic amines) is 1. The molecule has 0 amide bonds. The zero-order valence-electron chi connectivity index (χ0n) is 10.0. The molecule has 3 atom stereocenters. The van der Waals surface area contributed by atoms with Crippen LogP contribution in [0.3, 0.4) is 0 Å². The van der Waals surface area contributed by atoms with Gasteiger partial charge in [-0.15, -0.1) is 0 Å². The van der Waals surface area contributed by atoms with Crippen LogP contribution in [0.4, 0.5) is 0 Å². The lowest BCUT2D eigenvalue weighted by Crippen LogP contribution is -2.43. The van der Waals surface area contributed by atoms with Crippen LogP contribution < -0.4 is 0 Å². The molecule has 0 aromatic heterocycles. The fourth-order valence-electron chi connectivity index (χ4n) is 2.77. The van der Waals surface area contributed by atoms with Gasteiger partial charge >= 0.3 is 0 Å². The lowest BCUT2D eigenvalue weighted by molar-refractivity contribution is 0.122. The van der Waals surface area contributed by atoms with E-state index in [1.54, 1.807) is 0 Å². The summed E-state index contributed by atoms with van der Waals surface area (Å²) in [6, 6.07) is 2.28. The molecule has 1 nitrogen and oxygen atoms in total. The Bertz CT molecular complexity index is 163. The lowest BCUT2D eigenvalue weighted by Gasteiger charge is -2.34. The first-order valence-electron chi connectivity index (χ1n) is 5.72. The molecule has 0 saturated carbocycles. The Kier molecular flexibility index (Phi) is 3.39. The minimum absolute atomic E-state index is 0.701. The van der Waals surface area contributed by atoms with Crippen LogP contribution in [0.5, 0.6) is 0 Å². The molecular formula is C12H25N. The molecule has 1 fully saturated rings. The minimum atomic E-state index is 0.701. The Morgan fingerprint density at radius 2 is 1.62 bits per heavy atom. The van der Waals surface area contributed by atoms with E-state index in [1.807, 2.05) is 0 Å². The first kappa shape index (κ1) is 11.0. The maximum Gasteiger partial charge on any atom is 0.0127 e. The summed E-state index contributed by atoms with van der Waals surface area (Å²) in [5.74, 6) is 1.67. The molecule has 0 aromatic rings. The van der Waals surface area contributed by atoms with Gasteiger partial charge in [0.25, 0.3) is 0 Å². The van der Waals surface area contributed by atoms with E-state index < -0.39 is 0 Å². The zero-order valence-corrected chi connectivity index (χ0v) is 10.0. The first-order chi connectivity index (χ1) is 5.95. The summed E-state index contributed by atoms with van der Waals surface area (Å²) in [7, 11) is 0. The molecule has 0 spiro atoms. The van der Waals surface area contributed by atoms with Gasteiger partial charge < -0.3 is 0 Å². The number of nitrogens with zero attached hydrogens (tertiary/aromatic N) is 1. The second-order valence-corrected chi connectivity index (χ2v) is 5.31. The molecule has 1 aliphatic rings. The van der Waals surface area contributed by atoms with Gasteiger partial charge in [-0.3, -0.25) is 4.90 Å². The fraction of sp³-hybridized carbons (Fsp3) is 1.00.